The van der Waals surface area contributed by atoms with Gasteiger partial charge in [-0.1, -0.05) is 26.0 Å². The number of carbonyl (C=O) groups is 1. The van der Waals surface area contributed by atoms with Gasteiger partial charge in [-0.25, -0.2) is 13.8 Å². The summed E-state index contributed by atoms with van der Waals surface area (Å²) in [5, 5.41) is 2.68. The lowest BCUT2D eigenvalue weighted by Gasteiger charge is -2.22. The molecule has 154 valence electrons. The SMILES string of the molecule is CC(C)C(C(=O)NCc1ccc(C(F)(F)F)cc1)n1cnc2cc(F)c(F)cc21. The van der Waals surface area contributed by atoms with Crippen LogP contribution in [0.3, 0.4) is 0 Å². The van der Waals surface area contributed by atoms with Crippen molar-refractivity contribution in [1.82, 2.24) is 14.9 Å². The van der Waals surface area contributed by atoms with Crippen LogP contribution in [0.1, 0.15) is 31.0 Å². The first-order valence-corrected chi connectivity index (χ1v) is 8.83. The number of nitrogens with zero attached hydrogens (tertiary/aromatic N) is 2. The molecule has 0 spiro atoms. The minimum atomic E-state index is -4.43. The summed E-state index contributed by atoms with van der Waals surface area (Å²) in [5.41, 5.74) is 0.210. The standard InChI is InChI=1S/C20H18F5N3O/c1-11(2)18(28-10-27-16-7-14(21)15(22)8-17(16)28)19(29)26-9-12-3-5-13(6-4-12)20(23,24)25/h3-8,10-11,18H,9H2,1-2H3,(H,26,29). The minimum Gasteiger partial charge on any atom is -0.350 e. The molecular weight excluding hydrogens is 393 g/mol. The molecule has 0 fully saturated rings. The first-order valence-electron chi connectivity index (χ1n) is 8.83. The van der Waals surface area contributed by atoms with Gasteiger partial charge < -0.3 is 9.88 Å². The molecule has 3 aromatic rings. The van der Waals surface area contributed by atoms with Gasteiger partial charge in [-0.05, 0) is 23.6 Å². The average Bonchev–Trinajstić information content (AvgIpc) is 3.02. The minimum absolute atomic E-state index is 0.0236. The molecule has 1 N–H and O–H groups in total. The van der Waals surface area contributed by atoms with Crippen LogP contribution in [0.4, 0.5) is 22.0 Å². The van der Waals surface area contributed by atoms with Gasteiger partial charge in [-0.15, -0.1) is 0 Å². The van der Waals surface area contributed by atoms with Crippen molar-refractivity contribution in [1.29, 1.82) is 0 Å². The Hall–Kier alpha value is -2.97. The number of hydrogen-bond acceptors (Lipinski definition) is 2. The van der Waals surface area contributed by atoms with Crippen LogP contribution in [-0.4, -0.2) is 15.5 Å². The number of fused-ring (bicyclic) bond motifs is 1. The summed E-state index contributed by atoms with van der Waals surface area (Å²) < 4.78 is 66.5. The van der Waals surface area contributed by atoms with Crippen molar-refractivity contribution in [2.45, 2.75) is 32.6 Å². The van der Waals surface area contributed by atoms with Gasteiger partial charge in [0.05, 0.1) is 22.9 Å². The number of hydrogen-bond donors (Lipinski definition) is 1. The maximum absolute atomic E-state index is 13.7. The molecule has 0 saturated heterocycles. The number of rotatable bonds is 5. The molecule has 0 aliphatic rings. The van der Waals surface area contributed by atoms with E-state index in [0.29, 0.717) is 5.56 Å². The van der Waals surface area contributed by atoms with Crippen molar-refractivity contribution >= 4 is 16.9 Å². The van der Waals surface area contributed by atoms with Gasteiger partial charge in [-0.2, -0.15) is 13.2 Å². The number of amides is 1. The molecule has 1 heterocycles. The molecule has 0 radical (unpaired) electrons. The predicted octanol–water partition coefficient (Wildman–Crippen LogP) is 4.85. The number of benzene rings is 2. The Balaban J connectivity index is 1.80. The average molecular weight is 411 g/mol. The van der Waals surface area contributed by atoms with Crippen LogP contribution < -0.4 is 5.32 Å². The third kappa shape index (κ3) is 4.38. The molecule has 1 aromatic heterocycles. The summed E-state index contributed by atoms with van der Waals surface area (Å²) >= 11 is 0. The summed E-state index contributed by atoms with van der Waals surface area (Å²) in [6.07, 6.45) is -3.09. The van der Waals surface area contributed by atoms with E-state index in [9.17, 15) is 26.7 Å². The fourth-order valence-corrected chi connectivity index (χ4v) is 3.10. The lowest BCUT2D eigenvalue weighted by atomic mass is 10.0. The maximum atomic E-state index is 13.7. The van der Waals surface area contributed by atoms with Gasteiger partial charge in [-0.3, -0.25) is 4.79 Å². The van der Waals surface area contributed by atoms with Gasteiger partial charge >= 0.3 is 6.18 Å². The van der Waals surface area contributed by atoms with Gasteiger partial charge in [0.15, 0.2) is 11.6 Å². The molecule has 0 aliphatic heterocycles. The molecule has 29 heavy (non-hydrogen) atoms. The molecule has 0 saturated carbocycles. The van der Waals surface area contributed by atoms with Crippen molar-refractivity contribution in [3.63, 3.8) is 0 Å². The summed E-state index contributed by atoms with van der Waals surface area (Å²) in [4.78, 5) is 16.8. The maximum Gasteiger partial charge on any atom is 0.416 e. The zero-order chi connectivity index (χ0) is 21.3. The molecule has 1 unspecified atom stereocenters. The third-order valence-electron chi connectivity index (χ3n) is 4.56. The number of halogens is 5. The van der Waals surface area contributed by atoms with Gasteiger partial charge in [0, 0.05) is 18.7 Å². The Morgan fingerprint density at radius 2 is 1.72 bits per heavy atom. The van der Waals surface area contributed by atoms with Crippen LogP contribution in [0.15, 0.2) is 42.7 Å². The third-order valence-corrected chi connectivity index (χ3v) is 4.56. The highest BCUT2D eigenvalue weighted by Crippen LogP contribution is 2.29. The van der Waals surface area contributed by atoms with E-state index in [-0.39, 0.29) is 23.5 Å². The predicted molar refractivity (Wildman–Crippen MR) is 96.8 cm³/mol. The summed E-state index contributed by atoms with van der Waals surface area (Å²) in [7, 11) is 0. The van der Waals surface area contributed by atoms with Gasteiger partial charge in [0.1, 0.15) is 6.04 Å². The Labute approximate surface area is 163 Å². The highest BCUT2D eigenvalue weighted by atomic mass is 19.4. The van der Waals surface area contributed by atoms with Crippen LogP contribution >= 0.6 is 0 Å². The summed E-state index contributed by atoms with van der Waals surface area (Å²) in [6.45, 7) is 3.60. The summed E-state index contributed by atoms with van der Waals surface area (Å²) in [5.74, 6) is -2.71. The number of aromatic nitrogens is 2. The molecule has 1 amide bonds. The topological polar surface area (TPSA) is 46.9 Å². The lowest BCUT2D eigenvalue weighted by molar-refractivity contribution is -0.137. The van der Waals surface area contributed by atoms with Crippen LogP contribution in [0.2, 0.25) is 0 Å². The molecule has 2 aromatic carbocycles. The monoisotopic (exact) mass is 411 g/mol. The van der Waals surface area contributed by atoms with E-state index in [1.807, 2.05) is 0 Å². The molecule has 0 bridgehead atoms. The van der Waals surface area contributed by atoms with E-state index in [4.69, 9.17) is 0 Å². The van der Waals surface area contributed by atoms with Crippen LogP contribution in [0.5, 0.6) is 0 Å². The normalized spacial score (nSPS) is 13.1. The van der Waals surface area contributed by atoms with Crippen molar-refractivity contribution in [3.8, 4) is 0 Å². The van der Waals surface area contributed by atoms with Crippen LogP contribution in [0.25, 0.3) is 11.0 Å². The van der Waals surface area contributed by atoms with Crippen molar-refractivity contribution in [3.05, 3.63) is 65.5 Å². The smallest absolute Gasteiger partial charge is 0.350 e. The second-order valence-electron chi connectivity index (χ2n) is 7.01. The number of imidazole rings is 1. The van der Waals surface area contributed by atoms with Crippen molar-refractivity contribution in [2.24, 2.45) is 5.92 Å². The Bertz CT molecular complexity index is 1030. The molecular formula is C20H18F5N3O. The zero-order valence-corrected chi connectivity index (χ0v) is 15.6. The Morgan fingerprint density at radius 3 is 2.31 bits per heavy atom. The number of nitrogens with one attached hydrogen (secondary N) is 1. The van der Waals surface area contributed by atoms with Gasteiger partial charge in [0.2, 0.25) is 5.91 Å². The van der Waals surface area contributed by atoms with E-state index in [2.05, 4.69) is 10.3 Å². The lowest BCUT2D eigenvalue weighted by Crippen LogP contribution is -2.34. The van der Waals surface area contributed by atoms with E-state index in [1.54, 1.807) is 13.8 Å². The second kappa shape index (κ2) is 7.81. The first-order chi connectivity index (χ1) is 13.6. The molecule has 4 nitrogen and oxygen atoms in total. The largest absolute Gasteiger partial charge is 0.416 e. The number of carbonyl (C=O) groups excluding carboxylic acids is 1. The fraction of sp³-hybridized carbons (Fsp3) is 0.300. The Morgan fingerprint density at radius 1 is 1.10 bits per heavy atom. The fourth-order valence-electron chi connectivity index (χ4n) is 3.10. The van der Waals surface area contributed by atoms with Crippen molar-refractivity contribution in [2.75, 3.05) is 0 Å². The Kier molecular flexibility index (Phi) is 5.59. The van der Waals surface area contributed by atoms with E-state index >= 15 is 0 Å². The van der Waals surface area contributed by atoms with Crippen LogP contribution in [-0.2, 0) is 17.5 Å². The molecule has 3 rings (SSSR count). The molecule has 0 aliphatic carbocycles. The van der Waals surface area contributed by atoms with E-state index in [1.165, 1.54) is 23.0 Å². The quantitative estimate of drug-likeness (QED) is 0.611. The highest BCUT2D eigenvalue weighted by molar-refractivity contribution is 5.84. The summed E-state index contributed by atoms with van der Waals surface area (Å²) in [6, 6.07) is 5.65. The van der Waals surface area contributed by atoms with E-state index in [0.717, 1.165) is 24.3 Å². The zero-order valence-electron chi connectivity index (χ0n) is 15.6. The first kappa shape index (κ1) is 20.8. The second-order valence-corrected chi connectivity index (χ2v) is 7.01. The van der Waals surface area contributed by atoms with E-state index < -0.39 is 35.3 Å². The number of alkyl halides is 3. The van der Waals surface area contributed by atoms with Crippen molar-refractivity contribution < 1.29 is 26.7 Å². The van der Waals surface area contributed by atoms with Crippen LogP contribution in [0, 0.1) is 17.6 Å². The van der Waals surface area contributed by atoms with Gasteiger partial charge in [0.25, 0.3) is 0 Å². The molecule has 9 heteroatoms. The highest BCUT2D eigenvalue weighted by Gasteiger charge is 2.30. The molecule has 1 atom stereocenters.